The number of carbonyl (C=O) groups excluding carboxylic acids is 1. The van der Waals surface area contributed by atoms with Crippen LogP contribution in [0.15, 0.2) is 53.9 Å². The number of rotatable bonds is 6. The van der Waals surface area contributed by atoms with Crippen molar-refractivity contribution >= 4 is 22.4 Å². The Kier molecular flexibility index (Phi) is 5.40. The van der Waals surface area contributed by atoms with E-state index in [1.54, 1.807) is 12.1 Å². The Morgan fingerprint density at radius 2 is 2.04 bits per heavy atom. The van der Waals surface area contributed by atoms with E-state index in [-0.39, 0.29) is 18.3 Å². The molecular weight excluding hydrogens is 339 g/mol. The van der Waals surface area contributed by atoms with Gasteiger partial charge in [0.2, 0.25) is 0 Å². The van der Waals surface area contributed by atoms with Gasteiger partial charge in [-0.1, -0.05) is 19.1 Å². The number of aromatic nitrogens is 1. The molecule has 128 valence electrons. The van der Waals surface area contributed by atoms with E-state index in [2.05, 4.69) is 17.2 Å². The summed E-state index contributed by atoms with van der Waals surface area (Å²) in [6.45, 7) is 1.98. The first-order valence-corrected chi connectivity index (χ1v) is 8.75. The van der Waals surface area contributed by atoms with E-state index in [0.29, 0.717) is 16.6 Å². The third kappa shape index (κ3) is 4.64. The van der Waals surface area contributed by atoms with Gasteiger partial charge in [-0.15, -0.1) is 11.3 Å². The first-order valence-electron chi connectivity index (χ1n) is 7.87. The number of carbonyl (C=O) groups is 1. The van der Waals surface area contributed by atoms with Crippen LogP contribution < -0.4 is 10.1 Å². The topological polar surface area (TPSA) is 51.2 Å². The van der Waals surface area contributed by atoms with Crippen LogP contribution in [0, 0.1) is 5.82 Å². The van der Waals surface area contributed by atoms with E-state index in [9.17, 15) is 9.18 Å². The number of aryl methyl sites for hydroxylation is 1. The lowest BCUT2D eigenvalue weighted by Gasteiger charge is -2.07. The minimum Gasteiger partial charge on any atom is -0.484 e. The molecule has 0 saturated heterocycles. The second-order valence-electron chi connectivity index (χ2n) is 5.38. The average molecular weight is 356 g/mol. The number of hydrogen-bond acceptors (Lipinski definition) is 4. The molecule has 0 bridgehead atoms. The zero-order chi connectivity index (χ0) is 17.6. The van der Waals surface area contributed by atoms with E-state index in [1.165, 1.54) is 23.5 Å². The lowest BCUT2D eigenvalue weighted by atomic mass is 10.2. The Balaban J connectivity index is 1.57. The van der Waals surface area contributed by atoms with Gasteiger partial charge in [-0.2, -0.15) is 0 Å². The van der Waals surface area contributed by atoms with Crippen LogP contribution in [0.4, 0.5) is 9.52 Å². The summed E-state index contributed by atoms with van der Waals surface area (Å²) in [4.78, 5) is 16.4. The number of hydrogen-bond donors (Lipinski definition) is 1. The van der Waals surface area contributed by atoms with Crippen LogP contribution in [0.2, 0.25) is 0 Å². The maximum Gasteiger partial charge on any atom is 0.264 e. The third-order valence-electron chi connectivity index (χ3n) is 3.57. The number of ether oxygens (including phenoxy) is 1. The second kappa shape index (κ2) is 7.90. The maximum absolute atomic E-state index is 13.0. The minimum absolute atomic E-state index is 0.0847. The van der Waals surface area contributed by atoms with Crippen LogP contribution in [0.5, 0.6) is 5.75 Å². The van der Waals surface area contributed by atoms with Crippen molar-refractivity contribution in [1.29, 1.82) is 0 Å². The fourth-order valence-corrected chi connectivity index (χ4v) is 2.98. The summed E-state index contributed by atoms with van der Waals surface area (Å²) in [5.41, 5.74) is 2.64. The van der Waals surface area contributed by atoms with Gasteiger partial charge in [-0.05, 0) is 48.4 Å². The molecule has 0 atom stereocenters. The predicted octanol–water partition coefficient (Wildman–Crippen LogP) is 4.53. The molecule has 1 N–H and O–H groups in total. The SMILES string of the molecule is CCc1cccc(OCC(=O)Nc2nc(-c3ccc(F)cc3)cs2)c1. The van der Waals surface area contributed by atoms with E-state index in [4.69, 9.17) is 4.74 Å². The molecule has 6 heteroatoms. The van der Waals surface area contributed by atoms with Crippen LogP contribution >= 0.6 is 11.3 Å². The van der Waals surface area contributed by atoms with Gasteiger partial charge in [0.25, 0.3) is 5.91 Å². The van der Waals surface area contributed by atoms with Gasteiger partial charge < -0.3 is 4.74 Å². The number of nitrogens with zero attached hydrogens (tertiary/aromatic N) is 1. The van der Waals surface area contributed by atoms with Crippen molar-refractivity contribution in [2.75, 3.05) is 11.9 Å². The number of amides is 1. The summed E-state index contributed by atoms with van der Waals surface area (Å²) in [5, 5.41) is 5.01. The van der Waals surface area contributed by atoms with Crippen LogP contribution in [0.3, 0.4) is 0 Å². The Hall–Kier alpha value is -2.73. The highest BCUT2D eigenvalue weighted by Gasteiger charge is 2.09. The molecular formula is C19H17FN2O2S. The monoisotopic (exact) mass is 356 g/mol. The number of thiazole rings is 1. The number of anilines is 1. The van der Waals surface area contributed by atoms with Crippen molar-refractivity contribution < 1.29 is 13.9 Å². The Morgan fingerprint density at radius 3 is 2.80 bits per heavy atom. The zero-order valence-electron chi connectivity index (χ0n) is 13.7. The van der Waals surface area contributed by atoms with Crippen molar-refractivity contribution in [2.45, 2.75) is 13.3 Å². The molecule has 25 heavy (non-hydrogen) atoms. The van der Waals surface area contributed by atoms with Gasteiger partial charge in [0.1, 0.15) is 11.6 Å². The molecule has 1 amide bonds. The lowest BCUT2D eigenvalue weighted by molar-refractivity contribution is -0.118. The fourth-order valence-electron chi connectivity index (χ4n) is 2.24. The zero-order valence-corrected chi connectivity index (χ0v) is 14.5. The second-order valence-corrected chi connectivity index (χ2v) is 6.24. The molecule has 3 rings (SSSR count). The largest absolute Gasteiger partial charge is 0.484 e. The normalized spacial score (nSPS) is 10.5. The smallest absolute Gasteiger partial charge is 0.264 e. The molecule has 3 aromatic rings. The molecule has 0 aliphatic carbocycles. The maximum atomic E-state index is 13.0. The molecule has 1 aromatic heterocycles. The van der Waals surface area contributed by atoms with Gasteiger partial charge >= 0.3 is 0 Å². The van der Waals surface area contributed by atoms with Crippen molar-refractivity contribution in [3.63, 3.8) is 0 Å². The van der Waals surface area contributed by atoms with Crippen LogP contribution in [-0.2, 0) is 11.2 Å². The Bertz CT molecular complexity index is 862. The molecule has 0 radical (unpaired) electrons. The first kappa shape index (κ1) is 17.1. The van der Waals surface area contributed by atoms with Crippen molar-refractivity contribution in [1.82, 2.24) is 4.98 Å². The standard InChI is InChI=1S/C19H17FN2O2S/c1-2-13-4-3-5-16(10-13)24-11-18(23)22-19-21-17(12-25-19)14-6-8-15(20)9-7-14/h3-10,12H,2,11H2,1H3,(H,21,22,23). The summed E-state index contributed by atoms with van der Waals surface area (Å²) < 4.78 is 18.5. The summed E-state index contributed by atoms with van der Waals surface area (Å²) in [6, 6.07) is 13.7. The molecule has 0 fully saturated rings. The molecule has 0 aliphatic rings. The summed E-state index contributed by atoms with van der Waals surface area (Å²) in [7, 11) is 0. The Morgan fingerprint density at radius 1 is 1.24 bits per heavy atom. The lowest BCUT2D eigenvalue weighted by Crippen LogP contribution is -2.20. The quantitative estimate of drug-likeness (QED) is 0.706. The average Bonchev–Trinajstić information content (AvgIpc) is 3.09. The minimum atomic E-state index is -0.295. The van der Waals surface area contributed by atoms with Crippen molar-refractivity contribution in [3.8, 4) is 17.0 Å². The van der Waals surface area contributed by atoms with Crippen molar-refractivity contribution in [2.24, 2.45) is 0 Å². The summed E-state index contributed by atoms with van der Waals surface area (Å²) in [5.74, 6) is 0.0966. The van der Waals surface area contributed by atoms with E-state index in [0.717, 1.165) is 17.5 Å². The molecule has 0 saturated carbocycles. The highest BCUT2D eigenvalue weighted by Crippen LogP contribution is 2.25. The highest BCUT2D eigenvalue weighted by molar-refractivity contribution is 7.14. The van der Waals surface area contributed by atoms with Gasteiger partial charge in [-0.25, -0.2) is 9.37 Å². The Labute approximate surface area is 149 Å². The number of benzene rings is 2. The van der Waals surface area contributed by atoms with Crippen LogP contribution in [0.1, 0.15) is 12.5 Å². The predicted molar refractivity (Wildman–Crippen MR) is 97.5 cm³/mol. The fraction of sp³-hybridized carbons (Fsp3) is 0.158. The third-order valence-corrected chi connectivity index (χ3v) is 4.32. The molecule has 0 spiro atoms. The van der Waals surface area contributed by atoms with Gasteiger partial charge in [0, 0.05) is 10.9 Å². The molecule has 0 aliphatic heterocycles. The van der Waals surface area contributed by atoms with Crippen molar-refractivity contribution in [3.05, 3.63) is 65.3 Å². The number of nitrogens with one attached hydrogen (secondary N) is 1. The molecule has 2 aromatic carbocycles. The highest BCUT2D eigenvalue weighted by atomic mass is 32.1. The van der Waals surface area contributed by atoms with E-state index < -0.39 is 0 Å². The van der Waals surface area contributed by atoms with Gasteiger partial charge in [-0.3, -0.25) is 10.1 Å². The summed E-state index contributed by atoms with van der Waals surface area (Å²) >= 11 is 1.31. The van der Waals surface area contributed by atoms with Crippen LogP contribution in [-0.4, -0.2) is 17.5 Å². The first-order chi connectivity index (χ1) is 12.1. The van der Waals surface area contributed by atoms with Gasteiger partial charge in [0.15, 0.2) is 11.7 Å². The van der Waals surface area contributed by atoms with Crippen LogP contribution in [0.25, 0.3) is 11.3 Å². The molecule has 4 nitrogen and oxygen atoms in total. The van der Waals surface area contributed by atoms with E-state index >= 15 is 0 Å². The molecule has 1 heterocycles. The molecule has 0 unspecified atom stereocenters. The van der Waals surface area contributed by atoms with E-state index in [1.807, 2.05) is 29.6 Å². The summed E-state index contributed by atoms with van der Waals surface area (Å²) in [6.07, 6.45) is 0.911. The van der Waals surface area contributed by atoms with Gasteiger partial charge in [0.05, 0.1) is 5.69 Å². The number of halogens is 1.